The molecule has 0 fully saturated rings. The van der Waals surface area contributed by atoms with Gasteiger partial charge < -0.3 is 15.4 Å². The van der Waals surface area contributed by atoms with Gasteiger partial charge in [0, 0.05) is 18.0 Å². The molecule has 7 heteroatoms. The van der Waals surface area contributed by atoms with Gasteiger partial charge in [0.15, 0.2) is 5.11 Å². The Hall–Kier alpha value is -1.66. The van der Waals surface area contributed by atoms with Crippen LogP contribution in [0, 0.1) is 0 Å². The van der Waals surface area contributed by atoms with Crippen molar-refractivity contribution in [3.63, 3.8) is 0 Å². The number of thiocarbonyl (C=S) groups is 1. The van der Waals surface area contributed by atoms with Gasteiger partial charge >= 0.3 is 5.97 Å². The van der Waals surface area contributed by atoms with Crippen molar-refractivity contribution in [3.05, 3.63) is 34.9 Å². The predicted octanol–water partition coefficient (Wildman–Crippen LogP) is 2.56. The van der Waals surface area contributed by atoms with Crippen molar-refractivity contribution >= 4 is 40.8 Å². The van der Waals surface area contributed by atoms with Crippen molar-refractivity contribution in [2.24, 2.45) is 0 Å². The molecule has 0 aliphatic heterocycles. The first-order chi connectivity index (χ1) is 10.5. The quantitative estimate of drug-likeness (QED) is 0.589. The van der Waals surface area contributed by atoms with Gasteiger partial charge in [-0.25, -0.2) is 0 Å². The number of halogens is 1. The molecular formula is C15H19ClN2O3S. The maximum absolute atomic E-state index is 11.6. The fourth-order valence-corrected chi connectivity index (χ4v) is 1.94. The molecule has 0 spiro atoms. The van der Waals surface area contributed by atoms with E-state index in [1.54, 1.807) is 6.07 Å². The Morgan fingerprint density at radius 3 is 2.68 bits per heavy atom. The summed E-state index contributed by atoms with van der Waals surface area (Å²) in [6.45, 7) is 2.69. The molecule has 0 saturated heterocycles. The molecule has 1 amide bonds. The molecule has 0 saturated carbocycles. The van der Waals surface area contributed by atoms with Crippen LogP contribution in [0.15, 0.2) is 24.3 Å². The number of nitrogens with one attached hydrogen (secondary N) is 2. The number of carbonyl (C=O) groups excluding carboxylic acids is 2. The Morgan fingerprint density at radius 1 is 1.27 bits per heavy atom. The molecular weight excluding hydrogens is 324 g/mol. The summed E-state index contributed by atoms with van der Waals surface area (Å²) in [5, 5.41) is 6.23. The predicted molar refractivity (Wildman–Crippen MR) is 89.5 cm³/mol. The molecule has 2 N–H and O–H groups in total. The summed E-state index contributed by atoms with van der Waals surface area (Å²) < 4.78 is 4.88. The average Bonchev–Trinajstić information content (AvgIpc) is 2.50. The zero-order valence-corrected chi connectivity index (χ0v) is 13.9. The van der Waals surface area contributed by atoms with E-state index in [1.807, 2.05) is 25.1 Å². The van der Waals surface area contributed by atoms with E-state index >= 15 is 0 Å². The van der Waals surface area contributed by atoms with Gasteiger partial charge in [0.05, 0.1) is 13.0 Å². The minimum Gasteiger partial charge on any atom is -0.466 e. The second-order valence-corrected chi connectivity index (χ2v) is 5.36. The van der Waals surface area contributed by atoms with Crippen molar-refractivity contribution in [1.29, 1.82) is 0 Å². The summed E-state index contributed by atoms with van der Waals surface area (Å²) in [6.07, 6.45) is 0.837. The Morgan fingerprint density at radius 2 is 2.00 bits per heavy atom. The smallest absolute Gasteiger partial charge is 0.306 e. The standard InChI is InChI=1S/C15H19ClN2O3S/c1-2-9-21-14(20)8-7-13(19)18-15(22)17-10-11-5-3-4-6-12(11)16/h3-6H,2,7-10H2,1H3,(H2,17,18,19,22). The molecule has 0 heterocycles. The largest absolute Gasteiger partial charge is 0.466 e. The lowest BCUT2D eigenvalue weighted by atomic mass is 10.2. The van der Waals surface area contributed by atoms with Crippen LogP contribution < -0.4 is 10.6 Å². The van der Waals surface area contributed by atoms with E-state index in [9.17, 15) is 9.59 Å². The number of benzene rings is 1. The average molecular weight is 343 g/mol. The lowest BCUT2D eigenvalue weighted by molar-refractivity contribution is -0.144. The van der Waals surface area contributed by atoms with Crippen molar-refractivity contribution in [3.8, 4) is 0 Å². The maximum Gasteiger partial charge on any atom is 0.306 e. The topological polar surface area (TPSA) is 67.4 Å². The second kappa shape index (κ2) is 10.1. The molecule has 1 rings (SSSR count). The van der Waals surface area contributed by atoms with Crippen molar-refractivity contribution in [1.82, 2.24) is 10.6 Å². The van der Waals surface area contributed by atoms with Gasteiger partial charge in [0.2, 0.25) is 5.91 Å². The molecule has 0 atom stereocenters. The molecule has 120 valence electrons. The van der Waals surface area contributed by atoms with Gasteiger partial charge in [-0.1, -0.05) is 36.7 Å². The number of esters is 1. The molecule has 1 aromatic rings. The molecule has 0 bridgehead atoms. The highest BCUT2D eigenvalue weighted by Gasteiger charge is 2.09. The van der Waals surface area contributed by atoms with Crippen molar-refractivity contribution < 1.29 is 14.3 Å². The molecule has 22 heavy (non-hydrogen) atoms. The van der Waals surface area contributed by atoms with Crippen LogP contribution in [-0.4, -0.2) is 23.6 Å². The lowest BCUT2D eigenvalue weighted by Crippen LogP contribution is -2.39. The SMILES string of the molecule is CCCOC(=O)CCC(=O)NC(=S)NCc1ccccc1Cl. The van der Waals surface area contributed by atoms with Crippen molar-refractivity contribution in [2.75, 3.05) is 6.61 Å². The van der Waals surface area contributed by atoms with Gasteiger partial charge in [-0.05, 0) is 30.3 Å². The molecule has 0 radical (unpaired) electrons. The molecule has 1 aromatic carbocycles. The van der Waals surface area contributed by atoms with Crippen LogP contribution in [0.4, 0.5) is 0 Å². The summed E-state index contributed by atoms with van der Waals surface area (Å²) >= 11 is 11.0. The van der Waals surface area contributed by atoms with Crippen LogP contribution in [0.2, 0.25) is 5.02 Å². The van der Waals surface area contributed by atoms with E-state index in [-0.39, 0.29) is 29.8 Å². The van der Waals surface area contributed by atoms with Crippen LogP contribution in [-0.2, 0) is 20.9 Å². The third-order valence-corrected chi connectivity index (χ3v) is 3.29. The monoisotopic (exact) mass is 342 g/mol. The van der Waals surface area contributed by atoms with Gasteiger partial charge in [0.25, 0.3) is 0 Å². The first-order valence-corrected chi connectivity index (χ1v) is 7.78. The summed E-state index contributed by atoms with van der Waals surface area (Å²) in [5.74, 6) is -0.711. The first kappa shape index (κ1) is 18.4. The van der Waals surface area contributed by atoms with Gasteiger partial charge in [-0.3, -0.25) is 9.59 Å². The highest BCUT2D eigenvalue weighted by atomic mass is 35.5. The number of amides is 1. The van der Waals surface area contributed by atoms with Crippen molar-refractivity contribution in [2.45, 2.75) is 32.7 Å². The molecule has 0 aliphatic rings. The fraction of sp³-hybridized carbons (Fsp3) is 0.400. The van der Waals surface area contributed by atoms with E-state index in [0.717, 1.165) is 12.0 Å². The number of hydrogen-bond donors (Lipinski definition) is 2. The van der Waals surface area contributed by atoms with Crippen LogP contribution in [0.25, 0.3) is 0 Å². The zero-order chi connectivity index (χ0) is 16.4. The first-order valence-electron chi connectivity index (χ1n) is 6.99. The molecule has 0 unspecified atom stereocenters. The molecule has 0 aromatic heterocycles. The summed E-state index contributed by atoms with van der Waals surface area (Å²) in [4.78, 5) is 22.9. The summed E-state index contributed by atoms with van der Waals surface area (Å²) in [7, 11) is 0. The normalized spacial score (nSPS) is 9.91. The number of hydrogen-bond acceptors (Lipinski definition) is 4. The maximum atomic E-state index is 11.6. The van der Waals surface area contributed by atoms with E-state index < -0.39 is 0 Å². The van der Waals surface area contributed by atoms with Gasteiger partial charge in [-0.15, -0.1) is 0 Å². The summed E-state index contributed by atoms with van der Waals surface area (Å²) in [6, 6.07) is 7.35. The summed E-state index contributed by atoms with van der Waals surface area (Å²) in [5.41, 5.74) is 0.879. The highest BCUT2D eigenvalue weighted by Crippen LogP contribution is 2.14. The molecule has 5 nitrogen and oxygen atoms in total. The fourth-order valence-electron chi connectivity index (χ4n) is 1.55. The van der Waals surface area contributed by atoms with Gasteiger partial charge in [0.1, 0.15) is 0 Å². The van der Waals surface area contributed by atoms with Crippen LogP contribution in [0.1, 0.15) is 31.7 Å². The number of carbonyl (C=O) groups is 2. The van der Waals surface area contributed by atoms with E-state index in [0.29, 0.717) is 18.2 Å². The highest BCUT2D eigenvalue weighted by molar-refractivity contribution is 7.80. The number of ether oxygens (including phenoxy) is 1. The van der Waals surface area contributed by atoms with E-state index in [4.69, 9.17) is 28.6 Å². The second-order valence-electron chi connectivity index (χ2n) is 4.54. The third-order valence-electron chi connectivity index (χ3n) is 2.67. The van der Waals surface area contributed by atoms with Crippen LogP contribution in [0.3, 0.4) is 0 Å². The van der Waals surface area contributed by atoms with E-state index in [1.165, 1.54) is 0 Å². The Balaban J connectivity index is 2.25. The third kappa shape index (κ3) is 7.38. The molecule has 0 aliphatic carbocycles. The van der Waals surface area contributed by atoms with Gasteiger partial charge in [-0.2, -0.15) is 0 Å². The number of rotatable bonds is 7. The Labute approximate surface area is 140 Å². The Bertz CT molecular complexity index is 537. The Kier molecular flexibility index (Phi) is 8.47. The van der Waals surface area contributed by atoms with E-state index in [2.05, 4.69) is 10.6 Å². The lowest BCUT2D eigenvalue weighted by Gasteiger charge is -2.10. The van der Waals surface area contributed by atoms with Crippen LogP contribution in [0.5, 0.6) is 0 Å². The minimum atomic E-state index is -0.382. The minimum absolute atomic E-state index is 0.0382. The van der Waals surface area contributed by atoms with Crippen LogP contribution >= 0.6 is 23.8 Å². The zero-order valence-electron chi connectivity index (χ0n) is 12.4.